The van der Waals surface area contributed by atoms with Crippen molar-refractivity contribution in [3.05, 3.63) is 16.1 Å². The summed E-state index contributed by atoms with van der Waals surface area (Å²) in [5, 5.41) is 11.9. The molecule has 0 saturated heterocycles. The van der Waals surface area contributed by atoms with Gasteiger partial charge in [-0.1, -0.05) is 20.3 Å². The van der Waals surface area contributed by atoms with E-state index in [1.54, 1.807) is 11.3 Å². The monoisotopic (exact) mass is 194 g/mol. The van der Waals surface area contributed by atoms with Gasteiger partial charge in [0.2, 0.25) is 0 Å². The van der Waals surface area contributed by atoms with E-state index in [1.165, 1.54) is 0 Å². The van der Waals surface area contributed by atoms with Gasteiger partial charge in [-0.3, -0.25) is 0 Å². The van der Waals surface area contributed by atoms with E-state index < -0.39 is 0 Å². The highest BCUT2D eigenvalue weighted by Gasteiger charge is 2.11. The fourth-order valence-electron chi connectivity index (χ4n) is 1.17. The third-order valence-corrected chi connectivity index (χ3v) is 2.95. The normalized spacial score (nSPS) is 12.4. The number of aromatic nitrogens is 1. The van der Waals surface area contributed by atoms with Gasteiger partial charge in [0, 0.05) is 5.38 Å². The minimum atomic E-state index is -0.00407. The van der Waals surface area contributed by atoms with Crippen molar-refractivity contribution in [2.45, 2.75) is 39.0 Å². The summed E-state index contributed by atoms with van der Waals surface area (Å²) in [4.78, 5) is 4.44. The molecular formula is C10H14N2S. The number of aryl methyl sites for hydroxylation is 1. The summed E-state index contributed by atoms with van der Waals surface area (Å²) in [5.41, 5.74) is 1.14. The zero-order chi connectivity index (χ0) is 9.68. The topological polar surface area (TPSA) is 36.7 Å². The van der Waals surface area contributed by atoms with Crippen LogP contribution >= 0.6 is 11.3 Å². The molecule has 0 bridgehead atoms. The molecule has 70 valence electrons. The Hall–Kier alpha value is -0.880. The minimum absolute atomic E-state index is 0.00407. The molecular weight excluding hydrogens is 180 g/mol. The largest absolute Gasteiger partial charge is 0.245 e. The van der Waals surface area contributed by atoms with Crippen LogP contribution in [0.5, 0.6) is 0 Å². The van der Waals surface area contributed by atoms with Crippen LogP contribution < -0.4 is 0 Å². The molecule has 1 aromatic heterocycles. The quantitative estimate of drug-likeness (QED) is 0.738. The number of thiazole rings is 1. The first-order chi connectivity index (χ1) is 6.31. The molecule has 1 heterocycles. The van der Waals surface area contributed by atoms with Crippen molar-refractivity contribution < 1.29 is 0 Å². The second kappa shape index (κ2) is 4.98. The van der Waals surface area contributed by atoms with Gasteiger partial charge in [-0.15, -0.1) is 11.3 Å². The predicted molar refractivity (Wildman–Crippen MR) is 54.8 cm³/mol. The number of hydrogen-bond acceptors (Lipinski definition) is 3. The fraction of sp³-hybridized carbons (Fsp3) is 0.600. The van der Waals surface area contributed by atoms with Crippen molar-refractivity contribution in [1.82, 2.24) is 4.98 Å². The van der Waals surface area contributed by atoms with E-state index in [9.17, 15) is 0 Å². The van der Waals surface area contributed by atoms with Crippen molar-refractivity contribution in [2.75, 3.05) is 0 Å². The smallest absolute Gasteiger partial charge is 0.110 e. The molecule has 1 aromatic rings. The Morgan fingerprint density at radius 1 is 1.62 bits per heavy atom. The summed E-state index contributed by atoms with van der Waals surface area (Å²) >= 11 is 1.61. The van der Waals surface area contributed by atoms with Crippen LogP contribution in [0.4, 0.5) is 0 Å². The van der Waals surface area contributed by atoms with E-state index in [0.29, 0.717) is 0 Å². The van der Waals surface area contributed by atoms with Gasteiger partial charge in [0.05, 0.1) is 17.7 Å². The van der Waals surface area contributed by atoms with E-state index in [2.05, 4.69) is 23.4 Å². The lowest BCUT2D eigenvalue weighted by Gasteiger charge is -1.98. The number of hydrogen-bond donors (Lipinski definition) is 0. The lowest BCUT2D eigenvalue weighted by Crippen LogP contribution is -1.93. The van der Waals surface area contributed by atoms with Gasteiger partial charge in [-0.25, -0.2) is 4.98 Å². The van der Waals surface area contributed by atoms with Gasteiger partial charge >= 0.3 is 0 Å². The average Bonchev–Trinajstić information content (AvgIpc) is 2.56. The molecule has 0 radical (unpaired) electrons. The van der Waals surface area contributed by atoms with E-state index >= 15 is 0 Å². The number of rotatable bonds is 4. The minimum Gasteiger partial charge on any atom is -0.245 e. The van der Waals surface area contributed by atoms with Gasteiger partial charge in [-0.05, 0) is 12.8 Å². The Kier molecular flexibility index (Phi) is 3.91. The molecule has 0 saturated carbocycles. The Bertz CT molecular complexity index is 298. The van der Waals surface area contributed by atoms with Gasteiger partial charge in [0.25, 0.3) is 0 Å². The third kappa shape index (κ3) is 2.53. The van der Waals surface area contributed by atoms with Crippen LogP contribution in [-0.2, 0) is 6.42 Å². The number of nitriles is 1. The molecule has 0 aliphatic rings. The van der Waals surface area contributed by atoms with Crippen LogP contribution in [-0.4, -0.2) is 4.98 Å². The second-order valence-corrected chi connectivity index (χ2v) is 3.91. The zero-order valence-corrected chi connectivity index (χ0v) is 8.90. The molecule has 1 unspecified atom stereocenters. The van der Waals surface area contributed by atoms with Crippen molar-refractivity contribution in [1.29, 1.82) is 5.26 Å². The summed E-state index contributed by atoms with van der Waals surface area (Å²) in [7, 11) is 0. The van der Waals surface area contributed by atoms with Crippen LogP contribution in [0.3, 0.4) is 0 Å². The molecule has 2 nitrogen and oxygen atoms in total. The molecule has 3 heteroatoms. The highest BCUT2D eigenvalue weighted by atomic mass is 32.1. The Labute approximate surface area is 83.2 Å². The molecule has 13 heavy (non-hydrogen) atoms. The third-order valence-electron chi connectivity index (χ3n) is 1.94. The fourth-order valence-corrected chi connectivity index (χ4v) is 2.16. The lowest BCUT2D eigenvalue weighted by molar-refractivity contribution is 0.794. The average molecular weight is 194 g/mol. The van der Waals surface area contributed by atoms with E-state index in [-0.39, 0.29) is 5.92 Å². The van der Waals surface area contributed by atoms with Crippen LogP contribution in [0.25, 0.3) is 0 Å². The summed E-state index contributed by atoms with van der Waals surface area (Å²) in [5.74, 6) is -0.00407. The molecule has 0 aliphatic heterocycles. The maximum atomic E-state index is 8.84. The molecule has 0 amide bonds. The first kappa shape index (κ1) is 10.2. The van der Waals surface area contributed by atoms with Gasteiger partial charge in [0.15, 0.2) is 0 Å². The Balaban J connectivity index is 2.73. The Morgan fingerprint density at radius 3 is 2.92 bits per heavy atom. The first-order valence-electron chi connectivity index (χ1n) is 4.65. The molecule has 1 rings (SSSR count). The summed E-state index contributed by atoms with van der Waals surface area (Å²) in [6, 6.07) is 2.27. The van der Waals surface area contributed by atoms with Gasteiger partial charge in [-0.2, -0.15) is 5.26 Å². The van der Waals surface area contributed by atoms with Crippen molar-refractivity contribution in [3.8, 4) is 6.07 Å². The standard InChI is InChI=1S/C10H14N2S/c1-3-5-9-7-13-10(12-9)8(4-2)6-11/h7-8H,3-5H2,1-2H3. The SMILES string of the molecule is CCCc1csc(C(C#N)CC)n1. The van der Waals surface area contributed by atoms with Crippen LogP contribution in [0.15, 0.2) is 5.38 Å². The Morgan fingerprint density at radius 2 is 2.38 bits per heavy atom. The summed E-state index contributed by atoms with van der Waals surface area (Å²) in [6.45, 7) is 4.16. The van der Waals surface area contributed by atoms with Crippen LogP contribution in [0, 0.1) is 11.3 Å². The van der Waals surface area contributed by atoms with Gasteiger partial charge in [0.1, 0.15) is 5.01 Å². The molecule has 0 aliphatic carbocycles. The highest BCUT2D eigenvalue weighted by molar-refractivity contribution is 7.09. The molecule has 0 spiro atoms. The van der Waals surface area contributed by atoms with Crippen molar-refractivity contribution in [3.63, 3.8) is 0 Å². The summed E-state index contributed by atoms with van der Waals surface area (Å²) in [6.07, 6.45) is 3.00. The first-order valence-corrected chi connectivity index (χ1v) is 5.53. The highest BCUT2D eigenvalue weighted by Crippen LogP contribution is 2.22. The molecule has 0 fully saturated rings. The maximum absolute atomic E-state index is 8.84. The molecule has 1 atom stereocenters. The van der Waals surface area contributed by atoms with Crippen LogP contribution in [0.2, 0.25) is 0 Å². The van der Waals surface area contributed by atoms with Gasteiger partial charge < -0.3 is 0 Å². The van der Waals surface area contributed by atoms with E-state index in [0.717, 1.165) is 30.0 Å². The zero-order valence-electron chi connectivity index (χ0n) is 8.08. The van der Waals surface area contributed by atoms with Crippen molar-refractivity contribution in [2.24, 2.45) is 0 Å². The summed E-state index contributed by atoms with van der Waals surface area (Å²) < 4.78 is 0. The second-order valence-electron chi connectivity index (χ2n) is 3.02. The van der Waals surface area contributed by atoms with Crippen LogP contribution in [0.1, 0.15) is 43.3 Å². The van der Waals surface area contributed by atoms with Crippen molar-refractivity contribution >= 4 is 11.3 Å². The predicted octanol–water partition coefficient (Wildman–Crippen LogP) is 3.11. The molecule has 0 N–H and O–H groups in total. The van der Waals surface area contributed by atoms with E-state index in [1.807, 2.05) is 6.92 Å². The maximum Gasteiger partial charge on any atom is 0.110 e. The molecule has 0 aromatic carbocycles. The van der Waals surface area contributed by atoms with E-state index in [4.69, 9.17) is 5.26 Å². The lowest BCUT2D eigenvalue weighted by atomic mass is 10.1. The number of nitrogens with zero attached hydrogens (tertiary/aromatic N) is 2.